The van der Waals surface area contributed by atoms with Gasteiger partial charge in [0.05, 0.1) is 5.75 Å². The first-order chi connectivity index (χ1) is 7.59. The van der Waals surface area contributed by atoms with Gasteiger partial charge in [-0.15, -0.1) is 0 Å². The van der Waals surface area contributed by atoms with Crippen molar-refractivity contribution in [3.05, 3.63) is 35.5 Å². The molecule has 90 valence electrons. The van der Waals surface area contributed by atoms with Gasteiger partial charge in [0.15, 0.2) is 11.1 Å². The molecule has 0 radical (unpaired) electrons. The molecule has 0 saturated carbocycles. The summed E-state index contributed by atoms with van der Waals surface area (Å²) in [7, 11) is 3.99. The minimum Gasteiger partial charge on any atom is -0.306 e. The summed E-state index contributed by atoms with van der Waals surface area (Å²) in [6, 6.07) is 0. The summed E-state index contributed by atoms with van der Waals surface area (Å²) in [5.74, 6) is 0.212. The zero-order valence-electron chi connectivity index (χ0n) is 9.85. The lowest BCUT2D eigenvalue weighted by Gasteiger charge is -2.15. The van der Waals surface area contributed by atoms with E-state index in [0.717, 1.165) is 30.5 Å². The van der Waals surface area contributed by atoms with E-state index in [0.29, 0.717) is 0 Å². The summed E-state index contributed by atoms with van der Waals surface area (Å²) in [5.41, 5.74) is 2.09. The Hall–Kier alpha value is -0.710. The van der Waals surface area contributed by atoms with E-state index in [9.17, 15) is 4.21 Å². The molecule has 3 nitrogen and oxygen atoms in total. The van der Waals surface area contributed by atoms with Gasteiger partial charge in [0.2, 0.25) is 0 Å². The van der Waals surface area contributed by atoms with Gasteiger partial charge >= 0.3 is 0 Å². The van der Waals surface area contributed by atoms with Crippen LogP contribution in [0.4, 0.5) is 0 Å². The lowest BCUT2D eigenvalue weighted by atomic mass is 10.0. The molecule has 1 atom stereocenters. The highest BCUT2D eigenvalue weighted by atomic mass is 32.2. The Kier molecular flexibility index (Phi) is 5.66. The molecule has 0 spiro atoms. The Labute approximate surface area is 99.8 Å². The van der Waals surface area contributed by atoms with E-state index in [4.69, 9.17) is 4.55 Å². The molecule has 1 aliphatic carbocycles. The second-order valence-electron chi connectivity index (χ2n) is 4.14. The first-order valence-corrected chi connectivity index (χ1v) is 6.64. The Bertz CT molecular complexity index is 343. The third-order valence-corrected chi connectivity index (χ3v) is 2.87. The van der Waals surface area contributed by atoms with Crippen LogP contribution in [0.2, 0.25) is 0 Å². The predicted octanol–water partition coefficient (Wildman–Crippen LogP) is 1.97. The second-order valence-corrected chi connectivity index (χ2v) is 5.07. The van der Waals surface area contributed by atoms with Crippen LogP contribution in [-0.4, -0.2) is 40.1 Å². The molecule has 0 fully saturated rings. The molecule has 0 aromatic heterocycles. The van der Waals surface area contributed by atoms with Crippen LogP contribution in [0, 0.1) is 0 Å². The van der Waals surface area contributed by atoms with E-state index in [1.54, 1.807) is 0 Å². The molecule has 0 heterocycles. The highest BCUT2D eigenvalue weighted by Crippen LogP contribution is 2.14. The van der Waals surface area contributed by atoms with Crippen molar-refractivity contribution in [2.24, 2.45) is 0 Å². The minimum atomic E-state index is -1.77. The largest absolute Gasteiger partial charge is 0.306 e. The van der Waals surface area contributed by atoms with Gasteiger partial charge in [0, 0.05) is 6.54 Å². The number of allylic oxidation sites excluding steroid dienone is 3. The van der Waals surface area contributed by atoms with Crippen molar-refractivity contribution in [1.29, 1.82) is 0 Å². The van der Waals surface area contributed by atoms with Crippen molar-refractivity contribution in [3.8, 4) is 0 Å². The van der Waals surface area contributed by atoms with E-state index in [-0.39, 0.29) is 5.75 Å². The Morgan fingerprint density at radius 2 is 1.81 bits per heavy atom. The molecule has 0 aliphatic heterocycles. The summed E-state index contributed by atoms with van der Waals surface area (Å²) >= 11 is -1.77. The summed E-state index contributed by atoms with van der Waals surface area (Å²) < 4.78 is 19.9. The number of rotatable bonds is 4. The van der Waals surface area contributed by atoms with Gasteiger partial charge in [-0.1, -0.05) is 24.3 Å². The lowest BCUT2D eigenvalue weighted by Crippen LogP contribution is -2.16. The van der Waals surface area contributed by atoms with Gasteiger partial charge in [-0.05, 0) is 38.1 Å². The number of likely N-dealkylation sites (N-methyl/N-ethyl adjacent to an activating group) is 1. The molecule has 4 heteroatoms. The molecule has 16 heavy (non-hydrogen) atoms. The summed E-state index contributed by atoms with van der Waals surface area (Å²) in [4.78, 5) is 2.06. The fourth-order valence-electron chi connectivity index (χ4n) is 1.63. The zero-order valence-corrected chi connectivity index (χ0v) is 10.7. The predicted molar refractivity (Wildman–Crippen MR) is 68.7 cm³/mol. The molecule has 0 aromatic carbocycles. The van der Waals surface area contributed by atoms with Gasteiger partial charge in [-0.3, -0.25) is 0 Å². The van der Waals surface area contributed by atoms with Crippen molar-refractivity contribution in [1.82, 2.24) is 4.90 Å². The van der Waals surface area contributed by atoms with Crippen LogP contribution in [0.25, 0.3) is 0 Å². The highest BCUT2D eigenvalue weighted by molar-refractivity contribution is 7.79. The smallest absolute Gasteiger partial charge is 0.157 e. The maximum atomic E-state index is 10.9. The van der Waals surface area contributed by atoms with Crippen LogP contribution in [0.3, 0.4) is 0 Å². The van der Waals surface area contributed by atoms with Gasteiger partial charge in [0.1, 0.15) is 0 Å². The molecule has 0 amide bonds. The van der Waals surface area contributed by atoms with E-state index in [2.05, 4.69) is 23.1 Å². The van der Waals surface area contributed by atoms with E-state index >= 15 is 0 Å². The Morgan fingerprint density at radius 3 is 2.31 bits per heavy atom. The molecule has 0 aromatic rings. The van der Waals surface area contributed by atoms with Crippen LogP contribution in [0.15, 0.2) is 35.5 Å². The average molecular weight is 241 g/mol. The standard InChI is InChI=1S/C12H19NO2S/c1-13(2)9-11-7-5-3-4-6-8-12(11)10-16(14)15/h5-8H,3-4,9-10H2,1-2H3,(H,14,15)/b7-5-,8-6-,12-11-. The number of hydrogen-bond donors (Lipinski definition) is 1. The Balaban J connectivity index is 2.96. The summed E-state index contributed by atoms with van der Waals surface area (Å²) in [5, 5.41) is 0. The molecule has 1 aliphatic rings. The normalized spacial score (nSPS) is 27.2. The first-order valence-electron chi connectivity index (χ1n) is 5.37. The van der Waals surface area contributed by atoms with Crippen LogP contribution in [0.5, 0.6) is 0 Å². The summed E-state index contributed by atoms with van der Waals surface area (Å²) in [6.07, 6.45) is 10.3. The van der Waals surface area contributed by atoms with Crippen LogP contribution in [0.1, 0.15) is 12.8 Å². The molecule has 0 saturated heterocycles. The minimum absolute atomic E-state index is 0.212. The second kappa shape index (κ2) is 6.78. The molecule has 1 N–H and O–H groups in total. The average Bonchev–Trinajstić information content (AvgIpc) is 2.15. The first kappa shape index (κ1) is 13.4. The van der Waals surface area contributed by atoms with Crippen molar-refractivity contribution < 1.29 is 8.76 Å². The van der Waals surface area contributed by atoms with E-state index in [1.807, 2.05) is 20.2 Å². The third-order valence-electron chi connectivity index (χ3n) is 2.32. The Morgan fingerprint density at radius 1 is 1.25 bits per heavy atom. The SMILES string of the molecule is CN(C)CC1=C(CS(=O)O)/C=C\CC/C=C\1. The quantitative estimate of drug-likeness (QED) is 0.765. The highest BCUT2D eigenvalue weighted by Gasteiger charge is 2.07. The number of nitrogens with zero attached hydrogens (tertiary/aromatic N) is 1. The maximum Gasteiger partial charge on any atom is 0.157 e. The fraction of sp³-hybridized carbons (Fsp3) is 0.500. The van der Waals surface area contributed by atoms with Crippen molar-refractivity contribution >= 4 is 11.1 Å². The monoisotopic (exact) mass is 241 g/mol. The van der Waals surface area contributed by atoms with Gasteiger partial charge in [0.25, 0.3) is 0 Å². The summed E-state index contributed by atoms with van der Waals surface area (Å²) in [6.45, 7) is 0.799. The van der Waals surface area contributed by atoms with Crippen LogP contribution in [-0.2, 0) is 11.1 Å². The van der Waals surface area contributed by atoms with Gasteiger partial charge < -0.3 is 9.45 Å². The van der Waals surface area contributed by atoms with Crippen molar-refractivity contribution in [3.63, 3.8) is 0 Å². The van der Waals surface area contributed by atoms with Crippen molar-refractivity contribution in [2.75, 3.05) is 26.4 Å². The van der Waals surface area contributed by atoms with Gasteiger partial charge in [-0.2, -0.15) is 0 Å². The van der Waals surface area contributed by atoms with Crippen molar-refractivity contribution in [2.45, 2.75) is 12.8 Å². The van der Waals surface area contributed by atoms with E-state index < -0.39 is 11.1 Å². The van der Waals surface area contributed by atoms with Crippen LogP contribution < -0.4 is 0 Å². The topological polar surface area (TPSA) is 40.5 Å². The number of hydrogen-bond acceptors (Lipinski definition) is 2. The molecular formula is C12H19NO2S. The molecular weight excluding hydrogens is 222 g/mol. The van der Waals surface area contributed by atoms with Crippen LogP contribution >= 0.6 is 0 Å². The third kappa shape index (κ3) is 4.88. The van der Waals surface area contributed by atoms with E-state index in [1.165, 1.54) is 0 Å². The lowest BCUT2D eigenvalue weighted by molar-refractivity contribution is 0.448. The van der Waals surface area contributed by atoms with Gasteiger partial charge in [-0.25, -0.2) is 4.21 Å². The molecule has 1 unspecified atom stereocenters. The maximum absolute atomic E-state index is 10.9. The zero-order chi connectivity index (χ0) is 12.0. The molecule has 0 bridgehead atoms. The molecule has 1 rings (SSSR count). The fourth-order valence-corrected chi connectivity index (χ4v) is 2.17.